The van der Waals surface area contributed by atoms with Crippen molar-refractivity contribution in [2.75, 3.05) is 20.6 Å². The SMILES string of the molecule is CN(C)CCCn1nc2c(cc1=O)Cc1ccccc1-2. The summed E-state index contributed by atoms with van der Waals surface area (Å²) in [6.07, 6.45) is 1.76. The molecule has 1 aromatic heterocycles. The first-order valence-electron chi connectivity index (χ1n) is 6.99. The molecule has 0 amide bonds. The van der Waals surface area contributed by atoms with Gasteiger partial charge in [-0.05, 0) is 38.2 Å². The third-order valence-electron chi connectivity index (χ3n) is 3.71. The fraction of sp³-hybridized carbons (Fsp3) is 0.375. The van der Waals surface area contributed by atoms with Crippen LogP contribution in [0.2, 0.25) is 0 Å². The molecule has 0 unspecified atom stereocenters. The molecule has 3 rings (SSSR count). The summed E-state index contributed by atoms with van der Waals surface area (Å²) in [4.78, 5) is 14.2. The first-order valence-corrected chi connectivity index (χ1v) is 6.99. The molecule has 1 heterocycles. The van der Waals surface area contributed by atoms with Crippen LogP contribution in [0.25, 0.3) is 11.3 Å². The van der Waals surface area contributed by atoms with Crippen molar-refractivity contribution in [2.45, 2.75) is 19.4 Å². The third kappa shape index (κ3) is 2.39. The Labute approximate surface area is 118 Å². The Morgan fingerprint density at radius 3 is 2.85 bits per heavy atom. The van der Waals surface area contributed by atoms with Gasteiger partial charge in [-0.3, -0.25) is 4.79 Å². The molecule has 0 atom stereocenters. The smallest absolute Gasteiger partial charge is 0.267 e. The summed E-state index contributed by atoms with van der Waals surface area (Å²) in [5.41, 5.74) is 4.48. The summed E-state index contributed by atoms with van der Waals surface area (Å²) >= 11 is 0. The molecule has 0 radical (unpaired) electrons. The zero-order chi connectivity index (χ0) is 14.1. The van der Waals surface area contributed by atoms with Crippen molar-refractivity contribution in [2.24, 2.45) is 0 Å². The van der Waals surface area contributed by atoms with E-state index in [1.807, 2.05) is 26.2 Å². The quantitative estimate of drug-likeness (QED) is 0.724. The second-order valence-electron chi connectivity index (χ2n) is 5.57. The maximum atomic E-state index is 12.1. The minimum Gasteiger partial charge on any atom is -0.309 e. The van der Waals surface area contributed by atoms with E-state index in [1.54, 1.807) is 10.7 Å². The maximum Gasteiger partial charge on any atom is 0.267 e. The van der Waals surface area contributed by atoms with Gasteiger partial charge >= 0.3 is 0 Å². The summed E-state index contributed by atoms with van der Waals surface area (Å²) in [7, 11) is 4.07. The molecule has 4 heteroatoms. The highest BCUT2D eigenvalue weighted by Crippen LogP contribution is 2.33. The number of aryl methyl sites for hydroxylation is 1. The maximum absolute atomic E-state index is 12.1. The second-order valence-corrected chi connectivity index (χ2v) is 5.57. The van der Waals surface area contributed by atoms with Crippen LogP contribution in [-0.4, -0.2) is 35.3 Å². The average molecular weight is 269 g/mol. The molecule has 0 saturated carbocycles. The molecular formula is C16H19N3O. The predicted octanol–water partition coefficient (Wildman–Crippen LogP) is 1.77. The van der Waals surface area contributed by atoms with Gasteiger partial charge in [0.1, 0.15) is 0 Å². The molecule has 104 valence electrons. The lowest BCUT2D eigenvalue weighted by Gasteiger charge is -2.10. The van der Waals surface area contributed by atoms with Crippen LogP contribution < -0.4 is 5.56 Å². The Hall–Kier alpha value is -1.94. The van der Waals surface area contributed by atoms with Crippen LogP contribution in [-0.2, 0) is 13.0 Å². The van der Waals surface area contributed by atoms with Gasteiger partial charge < -0.3 is 4.90 Å². The van der Waals surface area contributed by atoms with E-state index in [4.69, 9.17) is 0 Å². The second kappa shape index (κ2) is 5.21. The molecule has 1 aliphatic rings. The van der Waals surface area contributed by atoms with Crippen molar-refractivity contribution in [1.82, 2.24) is 14.7 Å². The van der Waals surface area contributed by atoms with Gasteiger partial charge in [-0.25, -0.2) is 4.68 Å². The van der Waals surface area contributed by atoms with Crippen LogP contribution in [0.15, 0.2) is 35.1 Å². The Morgan fingerprint density at radius 2 is 2.05 bits per heavy atom. The number of benzene rings is 1. The molecule has 0 fully saturated rings. The molecule has 0 spiro atoms. The normalized spacial score (nSPS) is 12.6. The van der Waals surface area contributed by atoms with Crippen LogP contribution in [0.1, 0.15) is 17.5 Å². The topological polar surface area (TPSA) is 38.1 Å². The van der Waals surface area contributed by atoms with Gasteiger partial charge in [0.2, 0.25) is 0 Å². The summed E-state index contributed by atoms with van der Waals surface area (Å²) in [6, 6.07) is 10.0. The number of rotatable bonds is 4. The zero-order valence-electron chi connectivity index (χ0n) is 12.0. The van der Waals surface area contributed by atoms with Crippen molar-refractivity contribution < 1.29 is 0 Å². The van der Waals surface area contributed by atoms with E-state index < -0.39 is 0 Å². The van der Waals surface area contributed by atoms with E-state index in [-0.39, 0.29) is 5.56 Å². The molecule has 0 aliphatic heterocycles. The number of hydrogen-bond acceptors (Lipinski definition) is 3. The standard InChI is InChI=1S/C16H19N3O/c1-18(2)8-5-9-19-15(20)11-13-10-12-6-3-4-7-14(12)16(13)17-19/h3-4,6-7,11H,5,8-10H2,1-2H3. The molecule has 2 aromatic rings. The van der Waals surface area contributed by atoms with E-state index in [1.165, 1.54) is 11.1 Å². The highest BCUT2D eigenvalue weighted by molar-refractivity contribution is 5.72. The third-order valence-corrected chi connectivity index (χ3v) is 3.71. The summed E-state index contributed by atoms with van der Waals surface area (Å²) in [5, 5.41) is 4.58. The molecule has 0 bridgehead atoms. The van der Waals surface area contributed by atoms with Crippen molar-refractivity contribution in [3.63, 3.8) is 0 Å². The lowest BCUT2D eigenvalue weighted by Crippen LogP contribution is -2.25. The van der Waals surface area contributed by atoms with E-state index in [2.05, 4.69) is 22.1 Å². The molecule has 1 aliphatic carbocycles. The van der Waals surface area contributed by atoms with Crippen LogP contribution in [0.4, 0.5) is 0 Å². The molecular weight excluding hydrogens is 250 g/mol. The van der Waals surface area contributed by atoms with Crippen molar-refractivity contribution in [3.05, 3.63) is 51.8 Å². The summed E-state index contributed by atoms with van der Waals surface area (Å²) < 4.78 is 1.60. The number of hydrogen-bond donors (Lipinski definition) is 0. The number of fused-ring (bicyclic) bond motifs is 3. The highest BCUT2D eigenvalue weighted by Gasteiger charge is 2.20. The first kappa shape index (κ1) is 13.1. The van der Waals surface area contributed by atoms with E-state index in [0.29, 0.717) is 6.54 Å². The zero-order valence-corrected chi connectivity index (χ0v) is 12.0. The first-order chi connectivity index (χ1) is 9.65. The number of aromatic nitrogens is 2. The Morgan fingerprint density at radius 1 is 1.25 bits per heavy atom. The van der Waals surface area contributed by atoms with Crippen LogP contribution >= 0.6 is 0 Å². The van der Waals surface area contributed by atoms with Gasteiger partial charge in [0, 0.05) is 24.6 Å². The largest absolute Gasteiger partial charge is 0.309 e. The van der Waals surface area contributed by atoms with Gasteiger partial charge in [-0.1, -0.05) is 24.3 Å². The molecule has 0 saturated heterocycles. The molecule has 4 nitrogen and oxygen atoms in total. The van der Waals surface area contributed by atoms with Crippen LogP contribution in [0, 0.1) is 0 Å². The van der Waals surface area contributed by atoms with Crippen molar-refractivity contribution in [3.8, 4) is 11.3 Å². The van der Waals surface area contributed by atoms with Crippen LogP contribution in [0.3, 0.4) is 0 Å². The minimum atomic E-state index is 0.00955. The van der Waals surface area contributed by atoms with Gasteiger partial charge in [-0.2, -0.15) is 5.10 Å². The lowest BCUT2D eigenvalue weighted by atomic mass is 10.1. The highest BCUT2D eigenvalue weighted by atomic mass is 16.1. The molecule has 20 heavy (non-hydrogen) atoms. The number of nitrogens with zero attached hydrogens (tertiary/aromatic N) is 3. The Balaban J connectivity index is 1.91. The van der Waals surface area contributed by atoms with E-state index >= 15 is 0 Å². The van der Waals surface area contributed by atoms with Crippen LogP contribution in [0.5, 0.6) is 0 Å². The fourth-order valence-corrected chi connectivity index (χ4v) is 2.70. The summed E-state index contributed by atoms with van der Waals surface area (Å²) in [5.74, 6) is 0. The minimum absolute atomic E-state index is 0.00955. The molecule has 1 aromatic carbocycles. The van der Waals surface area contributed by atoms with E-state index in [0.717, 1.165) is 30.6 Å². The fourth-order valence-electron chi connectivity index (χ4n) is 2.70. The average Bonchev–Trinajstić information content (AvgIpc) is 2.76. The van der Waals surface area contributed by atoms with Crippen molar-refractivity contribution in [1.29, 1.82) is 0 Å². The van der Waals surface area contributed by atoms with E-state index in [9.17, 15) is 4.79 Å². The monoisotopic (exact) mass is 269 g/mol. The van der Waals surface area contributed by atoms with Gasteiger partial charge in [-0.15, -0.1) is 0 Å². The Kier molecular flexibility index (Phi) is 3.40. The van der Waals surface area contributed by atoms with Gasteiger partial charge in [0.05, 0.1) is 5.69 Å². The van der Waals surface area contributed by atoms with Gasteiger partial charge in [0.25, 0.3) is 5.56 Å². The van der Waals surface area contributed by atoms with Crippen molar-refractivity contribution >= 4 is 0 Å². The Bertz CT molecular complexity index is 688. The van der Waals surface area contributed by atoms with Gasteiger partial charge in [0.15, 0.2) is 0 Å². The summed E-state index contributed by atoms with van der Waals surface area (Å²) in [6.45, 7) is 1.63. The molecule has 0 N–H and O–H groups in total. The predicted molar refractivity (Wildman–Crippen MR) is 79.9 cm³/mol. The lowest BCUT2D eigenvalue weighted by molar-refractivity contribution is 0.377.